The molecule has 2 aliphatic rings. The molecule has 1 saturated heterocycles. The number of nitrogens with one attached hydrogen (secondary N) is 1. The first kappa shape index (κ1) is 8.22. The van der Waals surface area contributed by atoms with Gasteiger partial charge in [0.05, 0.1) is 18.8 Å². The molecule has 0 aromatic heterocycles. The molecule has 64 valence electrons. The van der Waals surface area contributed by atoms with E-state index in [1.807, 2.05) is 23.0 Å². The minimum Gasteiger partial charge on any atom is -0.373 e. The topological polar surface area (TPSA) is 30.5 Å². The van der Waals surface area contributed by atoms with Crippen LogP contribution in [0.5, 0.6) is 0 Å². The van der Waals surface area contributed by atoms with Crippen molar-refractivity contribution in [1.82, 2.24) is 5.32 Å². The molecule has 0 aromatic carbocycles. The summed E-state index contributed by atoms with van der Waals surface area (Å²) in [5.41, 5.74) is 0. The summed E-state index contributed by atoms with van der Waals surface area (Å²) in [7, 11) is 0. The quantitative estimate of drug-likeness (QED) is 0.717. The van der Waals surface area contributed by atoms with Gasteiger partial charge in [0.1, 0.15) is 23.0 Å². The van der Waals surface area contributed by atoms with Crippen molar-refractivity contribution < 1.29 is 7.80 Å². The molecule has 1 aliphatic carbocycles. The van der Waals surface area contributed by atoms with E-state index in [0.717, 1.165) is 19.6 Å². The SMILES string of the molecule is IOC1CCC2NCCOC21. The van der Waals surface area contributed by atoms with E-state index in [-0.39, 0.29) is 0 Å². The fourth-order valence-electron chi connectivity index (χ4n) is 1.91. The van der Waals surface area contributed by atoms with Crippen molar-refractivity contribution in [2.45, 2.75) is 31.1 Å². The van der Waals surface area contributed by atoms with Gasteiger partial charge in [-0.2, -0.15) is 0 Å². The number of morpholine rings is 1. The molecule has 0 amide bonds. The van der Waals surface area contributed by atoms with Gasteiger partial charge < -0.3 is 13.1 Å². The zero-order chi connectivity index (χ0) is 7.68. The first-order valence-corrected chi connectivity index (χ1v) is 4.92. The van der Waals surface area contributed by atoms with Gasteiger partial charge >= 0.3 is 0 Å². The fraction of sp³-hybridized carbons (Fsp3) is 1.00. The van der Waals surface area contributed by atoms with E-state index in [1.54, 1.807) is 0 Å². The smallest absolute Gasteiger partial charge is 0.110 e. The van der Waals surface area contributed by atoms with E-state index in [2.05, 4.69) is 5.32 Å². The lowest BCUT2D eigenvalue weighted by Crippen LogP contribution is -2.48. The summed E-state index contributed by atoms with van der Waals surface area (Å²) in [4.78, 5) is 0. The molecule has 1 N–H and O–H groups in total. The molecule has 4 heteroatoms. The summed E-state index contributed by atoms with van der Waals surface area (Å²) in [5.74, 6) is 0. The normalized spacial score (nSPS) is 43.9. The molecule has 0 aromatic rings. The molecule has 11 heavy (non-hydrogen) atoms. The Bertz CT molecular complexity index is 138. The molecule has 1 heterocycles. The molecule has 0 radical (unpaired) electrons. The molecule has 0 bridgehead atoms. The lowest BCUT2D eigenvalue weighted by Gasteiger charge is -2.29. The highest BCUT2D eigenvalue weighted by molar-refractivity contribution is 14.1. The van der Waals surface area contributed by atoms with E-state index in [9.17, 15) is 0 Å². The second-order valence-corrected chi connectivity index (χ2v) is 3.61. The lowest BCUT2D eigenvalue weighted by atomic mass is 10.2. The maximum atomic E-state index is 5.61. The van der Waals surface area contributed by atoms with Crippen LogP contribution in [0.4, 0.5) is 0 Å². The maximum absolute atomic E-state index is 5.61. The van der Waals surface area contributed by atoms with Crippen LogP contribution in [0.2, 0.25) is 0 Å². The third-order valence-corrected chi connectivity index (χ3v) is 3.11. The Morgan fingerprint density at radius 3 is 3.18 bits per heavy atom. The van der Waals surface area contributed by atoms with Gasteiger partial charge in [0, 0.05) is 12.6 Å². The van der Waals surface area contributed by atoms with E-state index in [4.69, 9.17) is 7.80 Å². The number of ether oxygens (including phenoxy) is 1. The van der Waals surface area contributed by atoms with Gasteiger partial charge in [0.2, 0.25) is 0 Å². The van der Waals surface area contributed by atoms with Gasteiger partial charge in [-0.15, -0.1) is 0 Å². The van der Waals surface area contributed by atoms with Crippen LogP contribution in [0, 0.1) is 0 Å². The van der Waals surface area contributed by atoms with Crippen molar-refractivity contribution in [2.75, 3.05) is 13.2 Å². The van der Waals surface area contributed by atoms with Gasteiger partial charge in [-0.1, -0.05) is 0 Å². The standard InChI is InChI=1S/C7H12INO2/c8-11-6-2-1-5-7(6)10-4-3-9-5/h5-7,9H,1-4H2. The molecule has 3 atom stereocenters. The van der Waals surface area contributed by atoms with Crippen LogP contribution < -0.4 is 5.32 Å². The van der Waals surface area contributed by atoms with E-state index >= 15 is 0 Å². The average molecular weight is 269 g/mol. The zero-order valence-corrected chi connectivity index (χ0v) is 8.41. The van der Waals surface area contributed by atoms with Crippen LogP contribution in [0.15, 0.2) is 0 Å². The summed E-state index contributed by atoms with van der Waals surface area (Å²) in [6.45, 7) is 1.83. The predicted molar refractivity (Wildman–Crippen MR) is 49.7 cm³/mol. The van der Waals surface area contributed by atoms with Crippen molar-refractivity contribution >= 4 is 23.0 Å². The van der Waals surface area contributed by atoms with Crippen molar-refractivity contribution in [3.8, 4) is 0 Å². The summed E-state index contributed by atoms with van der Waals surface area (Å²) in [5, 5.41) is 3.44. The largest absolute Gasteiger partial charge is 0.373 e. The van der Waals surface area contributed by atoms with Crippen molar-refractivity contribution in [3.63, 3.8) is 0 Å². The fourth-order valence-corrected chi connectivity index (χ4v) is 2.45. The number of fused-ring (bicyclic) bond motifs is 1. The third kappa shape index (κ3) is 1.54. The van der Waals surface area contributed by atoms with Gasteiger partial charge in [-0.3, -0.25) is 0 Å². The van der Waals surface area contributed by atoms with E-state index in [1.165, 1.54) is 6.42 Å². The highest BCUT2D eigenvalue weighted by Gasteiger charge is 2.39. The summed E-state index contributed by atoms with van der Waals surface area (Å²) < 4.78 is 10.9. The molecule has 3 nitrogen and oxygen atoms in total. The Balaban J connectivity index is 1.98. The Morgan fingerprint density at radius 1 is 1.45 bits per heavy atom. The molecule has 2 fully saturated rings. The van der Waals surface area contributed by atoms with Gasteiger partial charge in [-0.25, -0.2) is 0 Å². The zero-order valence-electron chi connectivity index (χ0n) is 6.25. The summed E-state index contributed by atoms with van der Waals surface area (Å²) >= 11 is 1.97. The van der Waals surface area contributed by atoms with Gasteiger partial charge in [0.15, 0.2) is 0 Å². The average Bonchev–Trinajstić information content (AvgIpc) is 2.47. The first-order valence-electron chi connectivity index (χ1n) is 4.04. The monoisotopic (exact) mass is 269 g/mol. The van der Waals surface area contributed by atoms with E-state index in [0.29, 0.717) is 18.2 Å². The Hall–Kier alpha value is 0.610. The minimum absolute atomic E-state index is 0.306. The second kappa shape index (κ2) is 3.55. The Labute approximate surface area is 80.5 Å². The van der Waals surface area contributed by atoms with Crippen LogP contribution in [0.25, 0.3) is 0 Å². The summed E-state index contributed by atoms with van der Waals surface area (Å²) in [6, 6.07) is 0.545. The van der Waals surface area contributed by atoms with Crippen molar-refractivity contribution in [1.29, 1.82) is 0 Å². The molecule has 1 aliphatic heterocycles. The lowest BCUT2D eigenvalue weighted by molar-refractivity contribution is -0.0298. The van der Waals surface area contributed by atoms with Gasteiger partial charge in [0.25, 0.3) is 0 Å². The van der Waals surface area contributed by atoms with Crippen LogP contribution >= 0.6 is 23.0 Å². The number of rotatable bonds is 1. The molecule has 1 saturated carbocycles. The van der Waals surface area contributed by atoms with Crippen LogP contribution in [-0.4, -0.2) is 31.4 Å². The predicted octanol–water partition coefficient (Wildman–Crippen LogP) is 0.872. The van der Waals surface area contributed by atoms with Crippen LogP contribution in [-0.2, 0) is 7.80 Å². The number of halogens is 1. The van der Waals surface area contributed by atoms with Crippen LogP contribution in [0.1, 0.15) is 12.8 Å². The maximum Gasteiger partial charge on any atom is 0.110 e. The minimum atomic E-state index is 0.306. The molecule has 3 unspecified atom stereocenters. The van der Waals surface area contributed by atoms with Crippen molar-refractivity contribution in [3.05, 3.63) is 0 Å². The molecule has 2 rings (SSSR count). The Morgan fingerprint density at radius 2 is 2.36 bits per heavy atom. The highest BCUT2D eigenvalue weighted by Crippen LogP contribution is 2.28. The van der Waals surface area contributed by atoms with Crippen LogP contribution in [0.3, 0.4) is 0 Å². The van der Waals surface area contributed by atoms with Gasteiger partial charge in [-0.05, 0) is 12.8 Å². The second-order valence-electron chi connectivity index (χ2n) is 3.10. The van der Waals surface area contributed by atoms with Crippen molar-refractivity contribution in [2.24, 2.45) is 0 Å². The molecule has 0 spiro atoms. The number of hydrogen-bond donors (Lipinski definition) is 1. The highest BCUT2D eigenvalue weighted by atomic mass is 127. The Kier molecular flexibility index (Phi) is 2.65. The van der Waals surface area contributed by atoms with E-state index < -0.39 is 0 Å². The summed E-state index contributed by atoms with van der Waals surface area (Å²) in [6.07, 6.45) is 2.94. The third-order valence-electron chi connectivity index (χ3n) is 2.46. The molecular weight excluding hydrogens is 257 g/mol. The first-order chi connectivity index (χ1) is 5.42. The number of hydrogen-bond acceptors (Lipinski definition) is 3. The molecular formula is C7H12INO2.